The van der Waals surface area contributed by atoms with Gasteiger partial charge in [0.1, 0.15) is 17.5 Å². The van der Waals surface area contributed by atoms with Gasteiger partial charge in [-0.1, -0.05) is 0 Å². The minimum Gasteiger partial charge on any atom is -0.484 e. The van der Waals surface area contributed by atoms with Gasteiger partial charge in [0.15, 0.2) is 5.03 Å². The first-order valence-corrected chi connectivity index (χ1v) is 10.7. The van der Waals surface area contributed by atoms with Crippen molar-refractivity contribution in [2.24, 2.45) is 7.05 Å². The number of aliphatic hydroxyl groups is 1. The molecule has 0 fully saturated rings. The Balaban J connectivity index is 1.98. The van der Waals surface area contributed by atoms with Crippen LogP contribution in [0.4, 0.5) is 16.2 Å². The lowest BCUT2D eigenvalue weighted by Gasteiger charge is -2.36. The number of carbonyl (C=O) groups excluding carboxylic acids is 1. The molecule has 0 unspecified atom stereocenters. The molecular weight excluding hydrogens is 430 g/mol. The molecule has 2 heterocycles. The summed E-state index contributed by atoms with van der Waals surface area (Å²) in [5, 5.41) is 27.3. The number of nitrogens with zero attached hydrogens (tertiary/aromatic N) is 3. The van der Waals surface area contributed by atoms with Crippen molar-refractivity contribution < 1.29 is 33.0 Å². The van der Waals surface area contributed by atoms with E-state index in [9.17, 15) is 23.1 Å². The van der Waals surface area contributed by atoms with E-state index >= 15 is 0 Å². The van der Waals surface area contributed by atoms with Crippen molar-refractivity contribution in [2.75, 3.05) is 22.7 Å². The fourth-order valence-corrected chi connectivity index (χ4v) is 4.60. The molecule has 3 rings (SSSR count). The van der Waals surface area contributed by atoms with Crippen molar-refractivity contribution >= 4 is 33.4 Å². The molecule has 0 spiro atoms. The number of sulfonamides is 1. The summed E-state index contributed by atoms with van der Waals surface area (Å²) in [5.74, 6) is -0.445. The van der Waals surface area contributed by atoms with Gasteiger partial charge in [0, 0.05) is 12.7 Å². The molecule has 1 aromatic carbocycles. The van der Waals surface area contributed by atoms with E-state index in [2.05, 4.69) is 15.7 Å². The van der Waals surface area contributed by atoms with Gasteiger partial charge in [0.2, 0.25) is 0 Å². The fourth-order valence-electron chi connectivity index (χ4n) is 3.00. The van der Waals surface area contributed by atoms with Crippen molar-refractivity contribution in [3.05, 3.63) is 30.5 Å². The average molecular weight is 453 g/mol. The molecule has 0 saturated heterocycles. The first-order chi connectivity index (χ1) is 14.4. The second kappa shape index (κ2) is 8.07. The Kier molecular flexibility index (Phi) is 5.83. The van der Waals surface area contributed by atoms with E-state index in [0.717, 1.165) is 4.31 Å². The molecule has 13 heteroatoms. The monoisotopic (exact) mass is 453 g/mol. The zero-order valence-corrected chi connectivity index (χ0v) is 17.9. The lowest BCUT2D eigenvalue weighted by atomic mass is 10.1. The number of ether oxygens (including phenoxy) is 1. The Morgan fingerprint density at radius 2 is 2.03 bits per heavy atom. The third-order valence-corrected chi connectivity index (χ3v) is 6.37. The summed E-state index contributed by atoms with van der Waals surface area (Å²) in [6, 6.07) is 5.56. The lowest BCUT2D eigenvalue weighted by molar-refractivity contribution is -0.136. The molecule has 4 N–H and O–H groups in total. The van der Waals surface area contributed by atoms with E-state index < -0.39 is 33.7 Å². The first-order valence-electron chi connectivity index (χ1n) is 9.21. The van der Waals surface area contributed by atoms with Crippen LogP contribution in [-0.2, 0) is 21.9 Å². The minimum atomic E-state index is -4.09. The number of aromatic nitrogens is 2. The maximum absolute atomic E-state index is 13.4. The standard InChI is InChI=1S/C18H23N5O7S/c1-18(2,27)16(24)19-9-12-10-23(31(28,29)15-6-7-20-22(15)3)13-8-11(21-17(25)26)4-5-14(13)30-12/h4-8,12,21,27H,9-10H2,1-3H3,(H,19,24)(H,25,26)/t12-/m0/s1. The van der Waals surface area contributed by atoms with Gasteiger partial charge >= 0.3 is 6.09 Å². The van der Waals surface area contributed by atoms with Crippen molar-refractivity contribution in [1.29, 1.82) is 0 Å². The Labute approximate surface area is 178 Å². The molecule has 0 saturated carbocycles. The van der Waals surface area contributed by atoms with Gasteiger partial charge in [-0.15, -0.1) is 0 Å². The predicted octanol–water partition coefficient (Wildman–Crippen LogP) is 0.353. The van der Waals surface area contributed by atoms with Crippen LogP contribution in [0.3, 0.4) is 0 Å². The number of nitrogens with one attached hydrogen (secondary N) is 2. The Bertz CT molecular complexity index is 1110. The second-order valence-electron chi connectivity index (χ2n) is 7.45. The average Bonchev–Trinajstić information content (AvgIpc) is 3.11. The molecular formula is C18H23N5O7S. The highest BCUT2D eigenvalue weighted by Gasteiger charge is 2.37. The number of carbonyl (C=O) groups is 2. The molecule has 0 aliphatic carbocycles. The molecule has 1 atom stereocenters. The summed E-state index contributed by atoms with van der Waals surface area (Å²) in [7, 11) is -2.61. The van der Waals surface area contributed by atoms with Gasteiger partial charge in [-0.3, -0.25) is 19.1 Å². The molecule has 1 aliphatic heterocycles. The summed E-state index contributed by atoms with van der Waals surface area (Å²) < 4.78 is 34.8. The van der Waals surface area contributed by atoms with Crippen LogP contribution in [0.1, 0.15) is 13.8 Å². The van der Waals surface area contributed by atoms with Crippen LogP contribution >= 0.6 is 0 Å². The normalized spacial score (nSPS) is 16.3. The molecule has 2 aromatic rings. The molecule has 168 valence electrons. The fraction of sp³-hybridized carbons (Fsp3) is 0.389. The van der Waals surface area contributed by atoms with Crippen molar-refractivity contribution in [3.63, 3.8) is 0 Å². The summed E-state index contributed by atoms with van der Waals surface area (Å²) in [4.78, 5) is 23.0. The summed E-state index contributed by atoms with van der Waals surface area (Å²) >= 11 is 0. The number of rotatable bonds is 6. The number of hydrogen-bond donors (Lipinski definition) is 4. The summed E-state index contributed by atoms with van der Waals surface area (Å²) in [5.41, 5.74) is -1.31. The summed E-state index contributed by atoms with van der Waals surface area (Å²) in [6.45, 7) is 2.43. The Hall–Kier alpha value is -3.32. The highest BCUT2D eigenvalue weighted by molar-refractivity contribution is 7.92. The number of fused-ring (bicyclic) bond motifs is 1. The Morgan fingerprint density at radius 3 is 2.61 bits per heavy atom. The quantitative estimate of drug-likeness (QED) is 0.487. The number of amides is 2. The minimum absolute atomic E-state index is 0.0607. The van der Waals surface area contributed by atoms with Crippen LogP contribution in [0.2, 0.25) is 0 Å². The zero-order valence-electron chi connectivity index (χ0n) is 17.1. The molecule has 0 radical (unpaired) electrons. The molecule has 2 amide bonds. The third kappa shape index (κ3) is 4.72. The number of hydrogen-bond acceptors (Lipinski definition) is 7. The van der Waals surface area contributed by atoms with Gasteiger partial charge in [-0.05, 0) is 38.1 Å². The van der Waals surface area contributed by atoms with Crippen LogP contribution in [0, 0.1) is 0 Å². The first kappa shape index (κ1) is 22.4. The third-order valence-electron chi connectivity index (χ3n) is 4.52. The van der Waals surface area contributed by atoms with E-state index in [4.69, 9.17) is 9.84 Å². The summed E-state index contributed by atoms with van der Waals surface area (Å²) in [6.07, 6.45) is -0.720. The maximum Gasteiger partial charge on any atom is 0.409 e. The maximum atomic E-state index is 13.4. The van der Waals surface area contributed by atoms with E-state index in [0.29, 0.717) is 0 Å². The largest absolute Gasteiger partial charge is 0.484 e. The van der Waals surface area contributed by atoms with Crippen LogP contribution in [0.15, 0.2) is 35.5 Å². The smallest absolute Gasteiger partial charge is 0.409 e. The van der Waals surface area contributed by atoms with E-state index in [1.165, 1.54) is 56.0 Å². The van der Waals surface area contributed by atoms with Crippen LogP contribution < -0.4 is 19.7 Å². The second-order valence-corrected chi connectivity index (χ2v) is 9.26. The van der Waals surface area contributed by atoms with E-state index in [-0.39, 0.29) is 35.2 Å². The van der Waals surface area contributed by atoms with E-state index in [1.54, 1.807) is 0 Å². The molecule has 0 bridgehead atoms. The number of carboxylic acid groups (broad SMARTS) is 1. The van der Waals surface area contributed by atoms with Crippen molar-refractivity contribution in [2.45, 2.75) is 30.6 Å². The topological polar surface area (TPSA) is 163 Å². The highest BCUT2D eigenvalue weighted by Crippen LogP contribution is 2.38. The highest BCUT2D eigenvalue weighted by atomic mass is 32.2. The number of aryl methyl sites for hydroxylation is 1. The van der Waals surface area contributed by atoms with Crippen LogP contribution in [0.25, 0.3) is 0 Å². The van der Waals surface area contributed by atoms with Crippen LogP contribution in [0.5, 0.6) is 5.75 Å². The van der Waals surface area contributed by atoms with Crippen molar-refractivity contribution in [3.8, 4) is 5.75 Å². The molecule has 1 aromatic heterocycles. The predicted molar refractivity (Wildman–Crippen MR) is 110 cm³/mol. The van der Waals surface area contributed by atoms with Gasteiger partial charge in [-0.2, -0.15) is 13.5 Å². The SMILES string of the molecule is Cn1nccc1S(=O)(=O)N1C[C@H](CNC(=O)C(C)(C)O)Oc2ccc(NC(=O)O)cc21. The Morgan fingerprint density at radius 1 is 1.32 bits per heavy atom. The van der Waals surface area contributed by atoms with Gasteiger partial charge in [-0.25, -0.2) is 4.79 Å². The van der Waals surface area contributed by atoms with Crippen LogP contribution in [-0.4, -0.2) is 65.2 Å². The van der Waals surface area contributed by atoms with Crippen molar-refractivity contribution in [1.82, 2.24) is 15.1 Å². The molecule has 12 nitrogen and oxygen atoms in total. The molecule has 31 heavy (non-hydrogen) atoms. The zero-order chi connectivity index (χ0) is 23.0. The number of benzene rings is 1. The lowest BCUT2D eigenvalue weighted by Crippen LogP contribution is -2.51. The van der Waals surface area contributed by atoms with Gasteiger partial charge in [0.05, 0.1) is 25.0 Å². The van der Waals surface area contributed by atoms with E-state index in [1.807, 2.05) is 0 Å². The number of anilines is 2. The van der Waals surface area contributed by atoms with Gasteiger partial charge < -0.3 is 20.3 Å². The molecule has 1 aliphatic rings. The van der Waals surface area contributed by atoms with Gasteiger partial charge in [0.25, 0.3) is 15.9 Å².